The smallest absolute Gasteiger partial charge is 0.265 e. The van der Waals surface area contributed by atoms with Gasteiger partial charge in [0.15, 0.2) is 12.4 Å². The Morgan fingerprint density at radius 1 is 1.24 bits per heavy atom. The van der Waals surface area contributed by atoms with Crippen LogP contribution in [0.2, 0.25) is 0 Å². The van der Waals surface area contributed by atoms with Crippen molar-refractivity contribution >= 4 is 40.3 Å². The third kappa shape index (κ3) is 4.02. The minimum absolute atomic E-state index is 0.0899. The zero-order chi connectivity index (χ0) is 20.4. The summed E-state index contributed by atoms with van der Waals surface area (Å²) in [6, 6.07) is 12.1. The number of nitrogens with zero attached hydrogens (tertiary/aromatic N) is 2. The second-order valence-corrected chi connectivity index (χ2v) is 7.23. The van der Waals surface area contributed by atoms with Gasteiger partial charge < -0.3 is 10.1 Å². The molecule has 8 heteroatoms. The Kier molecular flexibility index (Phi) is 5.09. The molecule has 0 unspecified atom stereocenters. The van der Waals surface area contributed by atoms with E-state index >= 15 is 0 Å². The first-order chi connectivity index (χ1) is 14.0. The van der Waals surface area contributed by atoms with E-state index in [9.17, 15) is 14.4 Å². The number of hydrogen-bond donors (Lipinski definition) is 1. The van der Waals surface area contributed by atoms with Gasteiger partial charge in [-0.2, -0.15) is 0 Å². The van der Waals surface area contributed by atoms with Crippen molar-refractivity contribution in [2.45, 2.75) is 6.92 Å². The van der Waals surface area contributed by atoms with Crippen molar-refractivity contribution in [1.82, 2.24) is 4.98 Å². The van der Waals surface area contributed by atoms with Gasteiger partial charge in [0.2, 0.25) is 5.91 Å². The number of carbonyl (C=O) groups is 3. The van der Waals surface area contributed by atoms with Gasteiger partial charge in [0.25, 0.3) is 5.91 Å². The molecular formula is C21H17N3O4S. The molecule has 3 aromatic rings. The van der Waals surface area contributed by atoms with E-state index in [2.05, 4.69) is 10.3 Å². The van der Waals surface area contributed by atoms with Crippen LogP contribution in [0.5, 0.6) is 5.75 Å². The number of rotatable bonds is 5. The number of thiazole rings is 1. The maximum Gasteiger partial charge on any atom is 0.265 e. The molecule has 2 aromatic carbocycles. The number of ketones is 1. The number of aromatic nitrogens is 1. The molecule has 0 atom stereocenters. The van der Waals surface area contributed by atoms with E-state index < -0.39 is 0 Å². The van der Waals surface area contributed by atoms with Gasteiger partial charge in [0, 0.05) is 22.2 Å². The number of ether oxygens (including phenoxy) is 1. The Hall–Kier alpha value is -3.52. The second-order valence-electron chi connectivity index (χ2n) is 6.51. The van der Waals surface area contributed by atoms with Gasteiger partial charge in [-0.25, -0.2) is 4.98 Å². The Bertz CT molecular complexity index is 1100. The van der Waals surface area contributed by atoms with Crippen LogP contribution >= 0.6 is 11.3 Å². The topological polar surface area (TPSA) is 88.6 Å². The van der Waals surface area contributed by atoms with E-state index in [1.165, 1.54) is 23.2 Å². The minimum Gasteiger partial charge on any atom is -0.482 e. The van der Waals surface area contributed by atoms with E-state index in [1.807, 2.05) is 11.4 Å². The van der Waals surface area contributed by atoms with Crippen molar-refractivity contribution in [1.29, 1.82) is 0 Å². The van der Waals surface area contributed by atoms with E-state index in [0.29, 0.717) is 22.7 Å². The Labute approximate surface area is 170 Å². The molecule has 1 N–H and O–H groups in total. The normalized spacial score (nSPS) is 12.9. The highest BCUT2D eigenvalue weighted by Gasteiger charge is 2.28. The molecule has 7 nitrogen and oxygen atoms in total. The SMILES string of the molecule is CC(=O)c1cccc(NC(=O)CN2C(=O)COc3ccc(-c4cscn4)cc32)c1. The van der Waals surface area contributed by atoms with Gasteiger partial charge in [-0.3, -0.25) is 19.3 Å². The van der Waals surface area contributed by atoms with E-state index in [-0.39, 0.29) is 30.7 Å². The summed E-state index contributed by atoms with van der Waals surface area (Å²) < 4.78 is 5.50. The molecule has 0 saturated carbocycles. The number of nitrogens with one attached hydrogen (secondary N) is 1. The summed E-state index contributed by atoms with van der Waals surface area (Å²) in [6.45, 7) is 1.17. The maximum absolute atomic E-state index is 12.6. The summed E-state index contributed by atoms with van der Waals surface area (Å²) in [4.78, 5) is 42.3. The van der Waals surface area contributed by atoms with Crippen LogP contribution in [0.1, 0.15) is 17.3 Å². The highest BCUT2D eigenvalue weighted by Crippen LogP contribution is 2.36. The van der Waals surface area contributed by atoms with E-state index in [1.54, 1.807) is 41.9 Å². The van der Waals surface area contributed by atoms with Crippen LogP contribution in [0.3, 0.4) is 0 Å². The van der Waals surface area contributed by atoms with Crippen molar-refractivity contribution in [3.63, 3.8) is 0 Å². The molecular weight excluding hydrogens is 390 g/mol. The van der Waals surface area contributed by atoms with Gasteiger partial charge >= 0.3 is 0 Å². The Balaban J connectivity index is 1.56. The molecule has 0 aliphatic carbocycles. The molecule has 1 aromatic heterocycles. The fourth-order valence-electron chi connectivity index (χ4n) is 3.05. The zero-order valence-electron chi connectivity index (χ0n) is 15.5. The van der Waals surface area contributed by atoms with Crippen LogP contribution in [0.25, 0.3) is 11.3 Å². The summed E-state index contributed by atoms with van der Waals surface area (Å²) in [5, 5.41) is 4.65. The number of Topliss-reactive ketones (excluding diaryl/α,β-unsaturated/α-hetero) is 1. The summed E-state index contributed by atoms with van der Waals surface area (Å²) in [5.41, 5.74) is 4.89. The van der Waals surface area contributed by atoms with Gasteiger partial charge in [0.1, 0.15) is 12.3 Å². The van der Waals surface area contributed by atoms with Crippen molar-refractivity contribution in [3.05, 3.63) is 58.9 Å². The first-order valence-electron chi connectivity index (χ1n) is 8.88. The highest BCUT2D eigenvalue weighted by molar-refractivity contribution is 7.07. The molecule has 2 amide bonds. The molecule has 4 rings (SSSR count). The molecule has 2 heterocycles. The lowest BCUT2D eigenvalue weighted by Crippen LogP contribution is -2.43. The van der Waals surface area contributed by atoms with Crippen LogP contribution in [0.15, 0.2) is 53.4 Å². The summed E-state index contributed by atoms with van der Waals surface area (Å²) in [7, 11) is 0. The fraction of sp³-hybridized carbons (Fsp3) is 0.143. The molecule has 0 saturated heterocycles. The lowest BCUT2D eigenvalue weighted by Gasteiger charge is -2.29. The third-order valence-corrected chi connectivity index (χ3v) is 5.07. The van der Waals surface area contributed by atoms with Gasteiger partial charge in [-0.05, 0) is 37.3 Å². The predicted octanol–water partition coefficient (Wildman–Crippen LogP) is 3.38. The zero-order valence-corrected chi connectivity index (χ0v) is 16.4. The van der Waals surface area contributed by atoms with Crippen LogP contribution in [-0.4, -0.2) is 35.7 Å². The monoisotopic (exact) mass is 407 g/mol. The lowest BCUT2D eigenvalue weighted by molar-refractivity contribution is -0.123. The number of hydrogen-bond acceptors (Lipinski definition) is 6. The molecule has 0 fully saturated rings. The molecule has 1 aliphatic heterocycles. The number of carbonyl (C=O) groups excluding carboxylic acids is 3. The molecule has 0 bridgehead atoms. The maximum atomic E-state index is 12.6. The largest absolute Gasteiger partial charge is 0.482 e. The number of amides is 2. The molecule has 146 valence electrons. The Morgan fingerprint density at radius 3 is 2.86 bits per heavy atom. The summed E-state index contributed by atoms with van der Waals surface area (Å²) in [5.74, 6) is -0.227. The molecule has 0 spiro atoms. The van der Waals surface area contributed by atoms with Crippen molar-refractivity contribution in [2.24, 2.45) is 0 Å². The third-order valence-electron chi connectivity index (χ3n) is 4.48. The molecule has 0 radical (unpaired) electrons. The minimum atomic E-state index is -0.369. The summed E-state index contributed by atoms with van der Waals surface area (Å²) >= 11 is 1.48. The molecule has 1 aliphatic rings. The molecule has 29 heavy (non-hydrogen) atoms. The highest BCUT2D eigenvalue weighted by atomic mass is 32.1. The van der Waals surface area contributed by atoms with E-state index in [4.69, 9.17) is 4.74 Å². The standard InChI is InChI=1S/C21H17N3O4S/c1-13(25)14-3-2-4-16(7-14)23-20(26)9-24-18-8-15(17-11-29-12-22-17)5-6-19(18)28-10-21(24)27/h2-8,11-12H,9-10H2,1H3,(H,23,26). The average Bonchev–Trinajstić information content (AvgIpc) is 3.25. The average molecular weight is 407 g/mol. The number of fused-ring (bicyclic) bond motifs is 1. The summed E-state index contributed by atoms with van der Waals surface area (Å²) in [6.07, 6.45) is 0. The van der Waals surface area contributed by atoms with E-state index in [0.717, 1.165) is 11.3 Å². The van der Waals surface area contributed by atoms with Crippen molar-refractivity contribution in [2.75, 3.05) is 23.4 Å². The first kappa shape index (κ1) is 18.8. The predicted molar refractivity (Wildman–Crippen MR) is 110 cm³/mol. The number of anilines is 2. The quantitative estimate of drug-likeness (QED) is 0.655. The first-order valence-corrected chi connectivity index (χ1v) is 9.82. The van der Waals surface area contributed by atoms with Gasteiger partial charge in [-0.1, -0.05) is 12.1 Å². The van der Waals surface area contributed by atoms with Crippen LogP contribution in [0.4, 0.5) is 11.4 Å². The lowest BCUT2D eigenvalue weighted by atomic mass is 10.1. The van der Waals surface area contributed by atoms with Crippen molar-refractivity contribution < 1.29 is 19.1 Å². The van der Waals surface area contributed by atoms with Crippen LogP contribution in [-0.2, 0) is 9.59 Å². The number of benzene rings is 2. The Morgan fingerprint density at radius 2 is 2.10 bits per heavy atom. The van der Waals surface area contributed by atoms with Crippen LogP contribution in [0, 0.1) is 0 Å². The fourth-order valence-corrected chi connectivity index (χ4v) is 3.61. The van der Waals surface area contributed by atoms with Crippen molar-refractivity contribution in [3.8, 4) is 17.0 Å². The second kappa shape index (κ2) is 7.84. The van der Waals surface area contributed by atoms with Gasteiger partial charge in [0.05, 0.1) is 16.9 Å². The van der Waals surface area contributed by atoms with Gasteiger partial charge in [-0.15, -0.1) is 11.3 Å². The van der Waals surface area contributed by atoms with Crippen LogP contribution < -0.4 is 15.0 Å².